The van der Waals surface area contributed by atoms with Crippen LogP contribution in [0.3, 0.4) is 0 Å². The molecule has 0 bridgehead atoms. The van der Waals surface area contributed by atoms with Gasteiger partial charge in [-0.1, -0.05) is 18.2 Å². The summed E-state index contributed by atoms with van der Waals surface area (Å²) in [5.74, 6) is -0.350. The van der Waals surface area contributed by atoms with Crippen LogP contribution in [0.4, 0.5) is 20.7 Å². The van der Waals surface area contributed by atoms with Gasteiger partial charge >= 0.3 is 6.09 Å². The summed E-state index contributed by atoms with van der Waals surface area (Å²) in [5, 5.41) is 7.07. The SMILES string of the molecule is [C-]#[N+]c1ccc(-c2cc(NC(=O)OC(C)(C)C)nn2-c2cccc(I)c2)cc1F. The summed E-state index contributed by atoms with van der Waals surface area (Å²) >= 11 is 2.19. The third kappa shape index (κ3) is 5.12. The van der Waals surface area contributed by atoms with E-state index in [-0.39, 0.29) is 11.5 Å². The molecule has 0 saturated carbocycles. The van der Waals surface area contributed by atoms with Crippen molar-refractivity contribution in [3.8, 4) is 16.9 Å². The van der Waals surface area contributed by atoms with Crippen LogP contribution in [0.25, 0.3) is 21.8 Å². The molecule has 0 saturated heterocycles. The van der Waals surface area contributed by atoms with Crippen molar-refractivity contribution in [2.24, 2.45) is 0 Å². The number of hydrogen-bond donors (Lipinski definition) is 1. The van der Waals surface area contributed by atoms with Gasteiger partial charge in [0.25, 0.3) is 0 Å². The van der Waals surface area contributed by atoms with Crippen molar-refractivity contribution >= 4 is 40.2 Å². The fourth-order valence-corrected chi connectivity index (χ4v) is 3.14. The van der Waals surface area contributed by atoms with Crippen molar-refractivity contribution in [1.82, 2.24) is 9.78 Å². The van der Waals surface area contributed by atoms with Gasteiger partial charge in [-0.05, 0) is 67.6 Å². The lowest BCUT2D eigenvalue weighted by Gasteiger charge is -2.19. The lowest BCUT2D eigenvalue weighted by atomic mass is 10.1. The highest BCUT2D eigenvalue weighted by Crippen LogP contribution is 2.30. The Bertz CT molecular complexity index is 1110. The van der Waals surface area contributed by atoms with Crippen LogP contribution in [0.15, 0.2) is 48.5 Å². The second-order valence-electron chi connectivity index (χ2n) is 7.21. The smallest absolute Gasteiger partial charge is 0.413 e. The van der Waals surface area contributed by atoms with E-state index in [1.807, 2.05) is 24.3 Å². The van der Waals surface area contributed by atoms with Crippen LogP contribution in [-0.4, -0.2) is 21.5 Å². The molecule has 0 aliphatic carbocycles. The number of rotatable bonds is 3. The van der Waals surface area contributed by atoms with E-state index in [1.165, 1.54) is 12.1 Å². The molecule has 0 aliphatic heterocycles. The van der Waals surface area contributed by atoms with E-state index < -0.39 is 17.5 Å². The summed E-state index contributed by atoms with van der Waals surface area (Å²) in [4.78, 5) is 15.3. The fourth-order valence-electron chi connectivity index (χ4n) is 2.62. The van der Waals surface area contributed by atoms with Crippen molar-refractivity contribution in [2.75, 3.05) is 5.32 Å². The molecule has 0 radical (unpaired) electrons. The molecule has 1 heterocycles. The molecule has 3 rings (SSSR count). The van der Waals surface area contributed by atoms with Gasteiger partial charge in [0.15, 0.2) is 5.82 Å². The summed E-state index contributed by atoms with van der Waals surface area (Å²) in [5.41, 5.74) is 1.14. The zero-order valence-electron chi connectivity index (χ0n) is 16.0. The Labute approximate surface area is 181 Å². The molecule has 3 aromatic rings. The van der Waals surface area contributed by atoms with E-state index in [2.05, 4.69) is 37.9 Å². The molecular weight excluding hydrogens is 486 g/mol. The highest BCUT2D eigenvalue weighted by Gasteiger charge is 2.19. The van der Waals surface area contributed by atoms with Gasteiger partial charge in [0.2, 0.25) is 5.69 Å². The van der Waals surface area contributed by atoms with Gasteiger partial charge in [0.1, 0.15) is 11.4 Å². The first-order valence-corrected chi connectivity index (χ1v) is 9.77. The normalized spacial score (nSPS) is 11.0. The molecular formula is C21H18FIN4O2. The molecule has 8 heteroatoms. The number of carbonyl (C=O) groups is 1. The largest absolute Gasteiger partial charge is 0.444 e. The number of nitrogens with zero attached hydrogens (tertiary/aromatic N) is 3. The zero-order valence-corrected chi connectivity index (χ0v) is 18.2. The molecule has 0 atom stereocenters. The van der Waals surface area contributed by atoms with Crippen LogP contribution in [0, 0.1) is 16.0 Å². The highest BCUT2D eigenvalue weighted by molar-refractivity contribution is 14.1. The molecule has 0 spiro atoms. The second-order valence-corrected chi connectivity index (χ2v) is 8.46. The van der Waals surface area contributed by atoms with Crippen molar-refractivity contribution in [3.05, 3.63) is 69.3 Å². The van der Waals surface area contributed by atoms with Gasteiger partial charge in [-0.2, -0.15) is 0 Å². The van der Waals surface area contributed by atoms with E-state index in [9.17, 15) is 9.18 Å². The Morgan fingerprint density at radius 2 is 2.00 bits per heavy atom. The van der Waals surface area contributed by atoms with E-state index in [4.69, 9.17) is 11.3 Å². The van der Waals surface area contributed by atoms with Gasteiger partial charge in [-0.3, -0.25) is 5.32 Å². The molecule has 6 nitrogen and oxygen atoms in total. The quantitative estimate of drug-likeness (QED) is 0.342. The number of halogens is 2. The lowest BCUT2D eigenvalue weighted by Crippen LogP contribution is -2.27. The molecule has 29 heavy (non-hydrogen) atoms. The Hall–Kier alpha value is -2.93. The van der Waals surface area contributed by atoms with Crippen molar-refractivity contribution in [1.29, 1.82) is 0 Å². The minimum absolute atomic E-state index is 0.0545. The molecule has 2 aromatic carbocycles. The minimum atomic E-state index is -0.649. The maximum atomic E-state index is 14.2. The summed E-state index contributed by atoms with van der Waals surface area (Å²) < 4.78 is 22.1. The van der Waals surface area contributed by atoms with Crippen LogP contribution >= 0.6 is 22.6 Å². The number of amides is 1. The number of nitrogens with one attached hydrogen (secondary N) is 1. The highest BCUT2D eigenvalue weighted by atomic mass is 127. The first kappa shape index (κ1) is 20.8. The summed E-state index contributed by atoms with van der Waals surface area (Å²) in [6.07, 6.45) is -0.633. The number of carbonyl (C=O) groups excluding carboxylic acids is 1. The Morgan fingerprint density at radius 1 is 1.24 bits per heavy atom. The van der Waals surface area contributed by atoms with E-state index in [1.54, 1.807) is 37.6 Å². The van der Waals surface area contributed by atoms with E-state index in [0.29, 0.717) is 11.3 Å². The van der Waals surface area contributed by atoms with Gasteiger partial charge in [0, 0.05) is 15.2 Å². The van der Waals surface area contributed by atoms with E-state index >= 15 is 0 Å². The van der Waals surface area contributed by atoms with Gasteiger partial charge in [-0.25, -0.2) is 18.7 Å². The Morgan fingerprint density at radius 3 is 2.62 bits per heavy atom. The number of aromatic nitrogens is 2. The van der Waals surface area contributed by atoms with Crippen LogP contribution < -0.4 is 5.32 Å². The number of anilines is 1. The average Bonchev–Trinajstić information content (AvgIpc) is 3.03. The summed E-state index contributed by atoms with van der Waals surface area (Å²) in [7, 11) is 0. The van der Waals surface area contributed by atoms with Gasteiger partial charge < -0.3 is 4.74 Å². The molecule has 148 valence electrons. The van der Waals surface area contributed by atoms with Crippen molar-refractivity contribution in [2.45, 2.75) is 26.4 Å². The molecule has 0 fully saturated rings. The van der Waals surface area contributed by atoms with Crippen LogP contribution in [0.1, 0.15) is 20.8 Å². The third-order valence-electron chi connectivity index (χ3n) is 3.76. The topological polar surface area (TPSA) is 60.5 Å². The minimum Gasteiger partial charge on any atom is -0.444 e. The van der Waals surface area contributed by atoms with E-state index in [0.717, 1.165) is 9.26 Å². The third-order valence-corrected chi connectivity index (χ3v) is 4.43. The van der Waals surface area contributed by atoms with Crippen LogP contribution in [-0.2, 0) is 4.74 Å². The van der Waals surface area contributed by atoms with Gasteiger partial charge in [-0.15, -0.1) is 5.10 Å². The summed E-state index contributed by atoms with van der Waals surface area (Å²) in [6.45, 7) is 12.3. The maximum absolute atomic E-state index is 14.2. The first-order chi connectivity index (χ1) is 13.7. The lowest BCUT2D eigenvalue weighted by molar-refractivity contribution is 0.0635. The molecule has 0 aliphatic rings. The average molecular weight is 504 g/mol. The number of benzene rings is 2. The number of hydrogen-bond acceptors (Lipinski definition) is 3. The monoisotopic (exact) mass is 504 g/mol. The molecule has 0 unspecified atom stereocenters. The standard InChI is InChI=1S/C21H18FIN4O2/c1-21(2,3)29-20(28)25-19-12-18(13-8-9-17(24-4)16(22)10-13)27(26-19)15-7-5-6-14(23)11-15/h5-12H,1-3H3,(H,25,26,28). The Kier molecular flexibility index (Phi) is 5.88. The molecule has 1 N–H and O–H groups in total. The zero-order chi connectivity index (χ0) is 21.2. The van der Waals surface area contributed by atoms with Crippen molar-refractivity contribution < 1.29 is 13.9 Å². The first-order valence-electron chi connectivity index (χ1n) is 8.70. The predicted octanol–water partition coefficient (Wildman–Crippen LogP) is 6.18. The molecule has 1 amide bonds. The fraction of sp³-hybridized carbons (Fsp3) is 0.190. The second kappa shape index (κ2) is 8.21. The van der Waals surface area contributed by atoms with Crippen LogP contribution in [0.2, 0.25) is 0 Å². The predicted molar refractivity (Wildman–Crippen MR) is 118 cm³/mol. The van der Waals surface area contributed by atoms with Crippen molar-refractivity contribution in [3.63, 3.8) is 0 Å². The van der Waals surface area contributed by atoms with Gasteiger partial charge in [0.05, 0.1) is 18.0 Å². The molecule has 1 aromatic heterocycles. The Balaban J connectivity index is 2.06. The summed E-state index contributed by atoms with van der Waals surface area (Å²) in [6, 6.07) is 13.6. The van der Waals surface area contributed by atoms with Crippen LogP contribution in [0.5, 0.6) is 0 Å². The number of ether oxygens (including phenoxy) is 1. The maximum Gasteiger partial charge on any atom is 0.413 e.